The fourth-order valence-corrected chi connectivity index (χ4v) is 6.04. The van der Waals surface area contributed by atoms with Gasteiger partial charge >= 0.3 is 6.18 Å². The van der Waals surface area contributed by atoms with Crippen LogP contribution in [0, 0.1) is 5.82 Å². The van der Waals surface area contributed by atoms with Gasteiger partial charge in [0.05, 0.1) is 22.7 Å². The normalized spacial score (nSPS) is 20.7. The van der Waals surface area contributed by atoms with Crippen molar-refractivity contribution < 1.29 is 41.0 Å². The molecule has 12 heteroatoms. The third kappa shape index (κ3) is 4.62. The standard InChI is InChI=1S/C23H24F4N2O5S/c1-22(32,23(25,26)27)15-3-9-20-14(10-15)2-6-17(11-21(31)28-12-18(30)13-28)29(20)35(33,34)19-7-4-16(24)5-8-19/h3-5,7-10,17-18,30,32H,2,6,11-13H2,1H3/t17-,22?/m0/s1. The number of aryl methyl sites for hydroxylation is 1. The molecule has 190 valence electrons. The second-order valence-electron chi connectivity index (χ2n) is 9.02. The van der Waals surface area contributed by atoms with Crippen molar-refractivity contribution in [3.05, 3.63) is 59.4 Å². The third-order valence-electron chi connectivity index (χ3n) is 6.51. The highest BCUT2D eigenvalue weighted by atomic mass is 32.2. The fourth-order valence-electron chi connectivity index (χ4n) is 4.32. The van der Waals surface area contributed by atoms with Crippen LogP contribution in [0.2, 0.25) is 0 Å². The van der Waals surface area contributed by atoms with Gasteiger partial charge in [-0.25, -0.2) is 12.8 Å². The van der Waals surface area contributed by atoms with Crippen molar-refractivity contribution in [2.75, 3.05) is 17.4 Å². The molecule has 2 aliphatic heterocycles. The van der Waals surface area contributed by atoms with Crippen LogP contribution >= 0.6 is 0 Å². The van der Waals surface area contributed by atoms with Gasteiger partial charge in [-0.15, -0.1) is 0 Å². The molecule has 0 aromatic heterocycles. The van der Waals surface area contributed by atoms with E-state index in [0.717, 1.165) is 40.7 Å². The average Bonchev–Trinajstić information content (AvgIpc) is 2.75. The predicted octanol–water partition coefficient (Wildman–Crippen LogP) is 2.70. The smallest absolute Gasteiger partial charge is 0.389 e. The number of halogens is 4. The summed E-state index contributed by atoms with van der Waals surface area (Å²) in [7, 11) is -4.33. The zero-order valence-electron chi connectivity index (χ0n) is 18.7. The second-order valence-corrected chi connectivity index (χ2v) is 10.8. The molecule has 2 heterocycles. The molecule has 1 fully saturated rings. The van der Waals surface area contributed by atoms with Crippen molar-refractivity contribution in [3.8, 4) is 0 Å². The molecule has 0 bridgehead atoms. The van der Waals surface area contributed by atoms with Crippen LogP contribution in [0.3, 0.4) is 0 Å². The predicted molar refractivity (Wildman–Crippen MR) is 117 cm³/mol. The third-order valence-corrected chi connectivity index (χ3v) is 8.39. The van der Waals surface area contributed by atoms with Crippen molar-refractivity contribution in [1.82, 2.24) is 4.90 Å². The lowest BCUT2D eigenvalue weighted by atomic mass is 9.89. The first-order chi connectivity index (χ1) is 16.2. The van der Waals surface area contributed by atoms with Gasteiger partial charge in [-0.1, -0.05) is 12.1 Å². The lowest BCUT2D eigenvalue weighted by molar-refractivity contribution is -0.258. The van der Waals surface area contributed by atoms with Crippen molar-refractivity contribution in [1.29, 1.82) is 0 Å². The molecule has 1 unspecified atom stereocenters. The number of β-amino-alcohol motifs (C(OH)–C–C–N with tert-alkyl or cyclic N) is 1. The van der Waals surface area contributed by atoms with Crippen LogP contribution in [0.15, 0.2) is 47.4 Å². The minimum absolute atomic E-state index is 0.0868. The van der Waals surface area contributed by atoms with E-state index in [2.05, 4.69) is 0 Å². The Morgan fingerprint density at radius 1 is 1.11 bits per heavy atom. The Bertz CT molecular complexity index is 1230. The number of hydrogen-bond acceptors (Lipinski definition) is 5. The van der Waals surface area contributed by atoms with Crippen LogP contribution in [0.4, 0.5) is 23.2 Å². The maximum absolute atomic E-state index is 13.6. The van der Waals surface area contributed by atoms with Crippen LogP contribution in [0.1, 0.15) is 30.9 Å². The summed E-state index contributed by atoms with van der Waals surface area (Å²) in [5.41, 5.74) is -3.23. The number of carbonyl (C=O) groups is 1. The number of fused-ring (bicyclic) bond motifs is 1. The molecular formula is C23H24F4N2O5S. The Labute approximate surface area is 199 Å². The number of alkyl halides is 3. The van der Waals surface area contributed by atoms with E-state index in [9.17, 15) is 41.0 Å². The molecule has 2 N–H and O–H groups in total. The molecule has 4 rings (SSSR count). The van der Waals surface area contributed by atoms with Crippen LogP contribution < -0.4 is 4.31 Å². The Morgan fingerprint density at radius 3 is 2.31 bits per heavy atom. The summed E-state index contributed by atoms with van der Waals surface area (Å²) in [5.74, 6) is -1.01. The van der Waals surface area contributed by atoms with E-state index in [4.69, 9.17) is 0 Å². The molecule has 2 aromatic rings. The molecule has 2 aromatic carbocycles. The van der Waals surface area contributed by atoms with Gasteiger partial charge in [0.15, 0.2) is 5.60 Å². The quantitative estimate of drug-likeness (QED) is 0.596. The van der Waals surface area contributed by atoms with Gasteiger partial charge in [-0.2, -0.15) is 13.2 Å². The molecular weight excluding hydrogens is 492 g/mol. The molecule has 1 saturated heterocycles. The van der Waals surface area contributed by atoms with Gasteiger partial charge < -0.3 is 15.1 Å². The summed E-state index contributed by atoms with van der Waals surface area (Å²) >= 11 is 0. The summed E-state index contributed by atoms with van der Waals surface area (Å²) in [6, 6.07) is 6.58. The number of sulfonamides is 1. The summed E-state index contributed by atoms with van der Waals surface area (Å²) in [5, 5.41) is 19.6. The number of aliphatic hydroxyl groups excluding tert-OH is 1. The van der Waals surface area contributed by atoms with Crippen molar-refractivity contribution in [2.24, 2.45) is 0 Å². The van der Waals surface area contributed by atoms with E-state index in [0.29, 0.717) is 6.92 Å². The topological polar surface area (TPSA) is 98.1 Å². The van der Waals surface area contributed by atoms with Gasteiger partial charge in [-0.3, -0.25) is 9.10 Å². The first-order valence-corrected chi connectivity index (χ1v) is 12.3. The summed E-state index contributed by atoms with van der Waals surface area (Å²) in [6.45, 7) is 0.902. The summed E-state index contributed by atoms with van der Waals surface area (Å²) in [4.78, 5) is 13.8. The Hall–Kier alpha value is -2.70. The molecule has 2 aliphatic rings. The van der Waals surface area contributed by atoms with E-state index in [1.165, 1.54) is 11.0 Å². The fraction of sp³-hybridized carbons (Fsp3) is 0.435. The lowest BCUT2D eigenvalue weighted by Gasteiger charge is -2.41. The zero-order valence-corrected chi connectivity index (χ0v) is 19.5. The van der Waals surface area contributed by atoms with E-state index in [1.54, 1.807) is 0 Å². The van der Waals surface area contributed by atoms with Crippen molar-refractivity contribution in [3.63, 3.8) is 0 Å². The Kier molecular flexibility index (Phi) is 6.35. The van der Waals surface area contributed by atoms with Gasteiger partial charge in [0.1, 0.15) is 5.82 Å². The van der Waals surface area contributed by atoms with Crippen LogP contribution in [0.5, 0.6) is 0 Å². The second kappa shape index (κ2) is 8.75. The zero-order chi connectivity index (χ0) is 25.8. The monoisotopic (exact) mass is 516 g/mol. The minimum atomic E-state index is -4.95. The highest BCUT2D eigenvalue weighted by Gasteiger charge is 2.51. The Balaban J connectivity index is 1.76. The average molecular weight is 517 g/mol. The van der Waals surface area contributed by atoms with Crippen LogP contribution in [0.25, 0.3) is 0 Å². The maximum atomic E-state index is 13.6. The number of anilines is 1. The van der Waals surface area contributed by atoms with Gasteiger partial charge in [0.2, 0.25) is 5.91 Å². The van der Waals surface area contributed by atoms with E-state index < -0.39 is 45.3 Å². The van der Waals surface area contributed by atoms with Gasteiger partial charge in [-0.05, 0) is 61.2 Å². The van der Waals surface area contributed by atoms with E-state index in [1.807, 2.05) is 0 Å². The number of hydrogen-bond donors (Lipinski definition) is 2. The number of amides is 1. The molecule has 1 amide bonds. The maximum Gasteiger partial charge on any atom is 0.421 e. The number of rotatable bonds is 5. The highest BCUT2D eigenvalue weighted by Crippen LogP contribution is 2.43. The molecule has 0 spiro atoms. The molecule has 0 radical (unpaired) electrons. The number of carbonyl (C=O) groups excluding carboxylic acids is 1. The highest BCUT2D eigenvalue weighted by molar-refractivity contribution is 7.92. The number of benzene rings is 2. The number of likely N-dealkylation sites (tertiary alicyclic amines) is 1. The SMILES string of the molecule is CC(O)(c1ccc2c(c1)CC[C@@H](CC(=O)N1CC(O)C1)N2S(=O)(=O)c1ccc(F)cc1)C(F)(F)F. The van der Waals surface area contributed by atoms with Crippen molar-refractivity contribution >= 4 is 21.6 Å². The molecule has 0 aliphatic carbocycles. The lowest BCUT2D eigenvalue weighted by Crippen LogP contribution is -2.55. The first-order valence-electron chi connectivity index (χ1n) is 10.9. The molecule has 2 atom stereocenters. The van der Waals surface area contributed by atoms with Crippen LogP contribution in [-0.4, -0.2) is 60.8 Å². The number of aliphatic hydroxyl groups is 2. The van der Waals surface area contributed by atoms with Gasteiger partial charge in [0.25, 0.3) is 10.0 Å². The van der Waals surface area contributed by atoms with Crippen LogP contribution in [-0.2, 0) is 26.8 Å². The largest absolute Gasteiger partial charge is 0.421 e. The van der Waals surface area contributed by atoms with Gasteiger partial charge in [0, 0.05) is 19.5 Å². The summed E-state index contributed by atoms with van der Waals surface area (Å²) < 4.78 is 81.8. The Morgan fingerprint density at radius 2 is 1.74 bits per heavy atom. The summed E-state index contributed by atoms with van der Waals surface area (Å²) in [6.07, 6.45) is -5.48. The molecule has 7 nitrogen and oxygen atoms in total. The van der Waals surface area contributed by atoms with E-state index >= 15 is 0 Å². The minimum Gasteiger partial charge on any atom is -0.389 e. The van der Waals surface area contributed by atoms with E-state index in [-0.39, 0.29) is 54.4 Å². The van der Waals surface area contributed by atoms with Crippen molar-refractivity contribution in [2.45, 2.75) is 55.0 Å². The molecule has 35 heavy (non-hydrogen) atoms. The molecule has 0 saturated carbocycles. The first kappa shape index (κ1) is 25.4. The number of nitrogens with zero attached hydrogens (tertiary/aromatic N) is 2.